The molecule has 0 radical (unpaired) electrons. The first-order valence-electron chi connectivity index (χ1n) is 9.32. The lowest BCUT2D eigenvalue weighted by atomic mass is 10.2. The van der Waals surface area contributed by atoms with Crippen LogP contribution in [0.25, 0.3) is 0 Å². The van der Waals surface area contributed by atoms with Crippen molar-refractivity contribution in [1.82, 2.24) is 14.6 Å². The number of hydrogen-bond acceptors (Lipinski definition) is 5. The molecule has 0 saturated carbocycles. The first-order valence-corrected chi connectivity index (χ1v) is 11.5. The summed E-state index contributed by atoms with van der Waals surface area (Å²) in [6, 6.07) is 11.8. The Balaban J connectivity index is 1.48. The lowest BCUT2D eigenvalue weighted by Gasteiger charge is -2.33. The average molecular weight is 469 g/mol. The molecule has 1 aliphatic heterocycles. The first kappa shape index (κ1) is 22.7. The van der Waals surface area contributed by atoms with Gasteiger partial charge in [-0.05, 0) is 31.2 Å². The van der Waals surface area contributed by atoms with Gasteiger partial charge in [-0.3, -0.25) is 9.69 Å². The first-order chi connectivity index (χ1) is 14.3. The second-order valence-electron chi connectivity index (χ2n) is 6.95. The number of carbonyl (C=O) groups excluding carboxylic acids is 1. The molecule has 1 fully saturated rings. The van der Waals surface area contributed by atoms with E-state index in [4.69, 9.17) is 23.2 Å². The molecule has 1 saturated heterocycles. The van der Waals surface area contributed by atoms with E-state index in [9.17, 15) is 13.2 Å². The van der Waals surface area contributed by atoms with Gasteiger partial charge in [0.1, 0.15) is 0 Å². The molecular weight excluding hydrogens is 447 g/mol. The van der Waals surface area contributed by atoms with E-state index in [2.05, 4.69) is 10.5 Å². The molecule has 7 nitrogen and oxygen atoms in total. The smallest absolute Gasteiger partial charge is 0.254 e. The highest BCUT2D eigenvalue weighted by molar-refractivity contribution is 7.89. The van der Waals surface area contributed by atoms with Crippen LogP contribution in [0.4, 0.5) is 0 Å². The highest BCUT2D eigenvalue weighted by atomic mass is 35.5. The zero-order valence-electron chi connectivity index (χ0n) is 16.4. The topological polar surface area (TPSA) is 82.1 Å². The maximum Gasteiger partial charge on any atom is 0.254 e. The number of benzene rings is 2. The molecular formula is C20H22Cl2N4O3S. The molecule has 30 heavy (non-hydrogen) atoms. The molecule has 1 N–H and O–H groups in total. The molecule has 0 aromatic heterocycles. The zero-order chi connectivity index (χ0) is 21.7. The predicted octanol–water partition coefficient (Wildman–Crippen LogP) is 2.76. The summed E-state index contributed by atoms with van der Waals surface area (Å²) in [4.78, 5) is 14.3. The number of carbonyl (C=O) groups is 1. The van der Waals surface area contributed by atoms with Gasteiger partial charge in [0.05, 0.1) is 22.7 Å². The lowest BCUT2D eigenvalue weighted by Crippen LogP contribution is -2.50. The van der Waals surface area contributed by atoms with Crippen molar-refractivity contribution < 1.29 is 13.2 Å². The molecule has 0 bridgehead atoms. The molecule has 0 spiro atoms. The van der Waals surface area contributed by atoms with Gasteiger partial charge in [-0.2, -0.15) is 9.41 Å². The second-order valence-corrected chi connectivity index (χ2v) is 9.73. The number of aryl methyl sites for hydroxylation is 1. The van der Waals surface area contributed by atoms with E-state index in [1.807, 2.05) is 11.8 Å². The summed E-state index contributed by atoms with van der Waals surface area (Å²) in [5, 5.41) is 4.87. The summed E-state index contributed by atoms with van der Waals surface area (Å²) in [5.41, 5.74) is 4.10. The van der Waals surface area contributed by atoms with Crippen LogP contribution >= 0.6 is 23.2 Å². The normalized spacial score (nSPS) is 16.1. The quantitative estimate of drug-likeness (QED) is 0.521. The van der Waals surface area contributed by atoms with E-state index in [1.54, 1.807) is 42.5 Å². The van der Waals surface area contributed by atoms with Crippen LogP contribution in [-0.4, -0.2) is 62.5 Å². The van der Waals surface area contributed by atoms with Gasteiger partial charge in [0.15, 0.2) is 0 Å². The van der Waals surface area contributed by atoms with Gasteiger partial charge in [-0.15, -0.1) is 0 Å². The van der Waals surface area contributed by atoms with Crippen LogP contribution in [0, 0.1) is 6.92 Å². The zero-order valence-corrected chi connectivity index (χ0v) is 18.7. The minimum Gasteiger partial charge on any atom is -0.292 e. The number of nitrogens with one attached hydrogen (secondary N) is 1. The molecule has 1 aliphatic rings. The van der Waals surface area contributed by atoms with E-state index in [-0.39, 0.29) is 17.3 Å². The Hall–Kier alpha value is -1.97. The lowest BCUT2D eigenvalue weighted by molar-refractivity contribution is -0.122. The fourth-order valence-electron chi connectivity index (χ4n) is 3.01. The Kier molecular flexibility index (Phi) is 7.49. The molecule has 2 aromatic carbocycles. The van der Waals surface area contributed by atoms with Gasteiger partial charge in [0, 0.05) is 36.8 Å². The minimum absolute atomic E-state index is 0.129. The fraction of sp³-hybridized carbons (Fsp3) is 0.300. The number of nitrogens with zero attached hydrogens (tertiary/aromatic N) is 3. The molecule has 10 heteroatoms. The summed E-state index contributed by atoms with van der Waals surface area (Å²) >= 11 is 11.9. The van der Waals surface area contributed by atoms with Gasteiger partial charge < -0.3 is 0 Å². The predicted molar refractivity (Wildman–Crippen MR) is 119 cm³/mol. The highest BCUT2D eigenvalue weighted by Crippen LogP contribution is 2.20. The minimum atomic E-state index is -3.52. The van der Waals surface area contributed by atoms with Crippen molar-refractivity contribution in [2.45, 2.75) is 11.8 Å². The highest BCUT2D eigenvalue weighted by Gasteiger charge is 2.28. The summed E-state index contributed by atoms with van der Waals surface area (Å²) < 4.78 is 26.9. The third-order valence-corrected chi connectivity index (χ3v) is 7.19. The van der Waals surface area contributed by atoms with Gasteiger partial charge in [-0.1, -0.05) is 47.0 Å². The average Bonchev–Trinajstić information content (AvgIpc) is 2.70. The van der Waals surface area contributed by atoms with Gasteiger partial charge in [0.25, 0.3) is 5.91 Å². The molecule has 2 aromatic rings. The Labute approximate surface area is 186 Å². The molecule has 160 valence electrons. The number of sulfonamides is 1. The third kappa shape index (κ3) is 5.80. The fourth-order valence-corrected chi connectivity index (χ4v) is 4.89. The molecule has 0 atom stereocenters. The Morgan fingerprint density at radius 3 is 2.40 bits per heavy atom. The van der Waals surface area contributed by atoms with Gasteiger partial charge in [-0.25, -0.2) is 13.8 Å². The standard InChI is InChI=1S/C20H22Cl2N4O3S/c1-15-2-6-18(7-3-15)30(28,29)26-10-8-25(9-11-26)14-20(27)24-23-13-16-4-5-17(21)12-19(16)22/h2-7,12-13H,8-11,14H2,1H3,(H,24,27). The number of amides is 1. The van der Waals surface area contributed by atoms with Gasteiger partial charge in [0.2, 0.25) is 10.0 Å². The van der Waals surface area contributed by atoms with Crippen LogP contribution in [0.2, 0.25) is 10.0 Å². The maximum atomic E-state index is 12.7. The molecule has 1 amide bonds. The molecule has 3 rings (SSSR count). The van der Waals surface area contributed by atoms with Crippen molar-refractivity contribution in [2.75, 3.05) is 32.7 Å². The number of piperazine rings is 1. The van der Waals surface area contributed by atoms with Crippen LogP contribution in [0.1, 0.15) is 11.1 Å². The summed E-state index contributed by atoms with van der Waals surface area (Å²) in [6.45, 7) is 3.62. The van der Waals surface area contributed by atoms with E-state index in [1.165, 1.54) is 10.5 Å². The Morgan fingerprint density at radius 2 is 1.77 bits per heavy atom. The number of hydrogen-bond donors (Lipinski definition) is 1. The monoisotopic (exact) mass is 468 g/mol. The SMILES string of the molecule is Cc1ccc(S(=O)(=O)N2CCN(CC(=O)NN=Cc3ccc(Cl)cc3Cl)CC2)cc1. The molecule has 0 unspecified atom stereocenters. The van der Waals surface area contributed by atoms with Crippen molar-refractivity contribution in [3.05, 3.63) is 63.6 Å². The van der Waals surface area contributed by atoms with E-state index >= 15 is 0 Å². The van der Waals surface area contributed by atoms with Crippen molar-refractivity contribution >= 4 is 45.3 Å². The van der Waals surface area contributed by atoms with E-state index in [0.29, 0.717) is 41.8 Å². The van der Waals surface area contributed by atoms with Crippen LogP contribution in [0.5, 0.6) is 0 Å². The van der Waals surface area contributed by atoms with Crippen LogP contribution in [0.15, 0.2) is 52.5 Å². The van der Waals surface area contributed by atoms with Crippen molar-refractivity contribution in [2.24, 2.45) is 5.10 Å². The van der Waals surface area contributed by atoms with E-state index in [0.717, 1.165) is 5.56 Å². The van der Waals surface area contributed by atoms with Gasteiger partial charge >= 0.3 is 0 Å². The van der Waals surface area contributed by atoms with Crippen LogP contribution in [0.3, 0.4) is 0 Å². The molecule has 0 aliphatic carbocycles. The summed E-state index contributed by atoms with van der Waals surface area (Å²) in [5.74, 6) is -0.286. The molecule has 1 heterocycles. The summed E-state index contributed by atoms with van der Waals surface area (Å²) in [6.07, 6.45) is 1.45. The number of rotatable bonds is 6. The number of hydrazone groups is 1. The van der Waals surface area contributed by atoms with Crippen LogP contribution < -0.4 is 5.43 Å². The van der Waals surface area contributed by atoms with Crippen LogP contribution in [-0.2, 0) is 14.8 Å². The number of halogens is 2. The maximum absolute atomic E-state index is 12.7. The Morgan fingerprint density at radius 1 is 1.10 bits per heavy atom. The van der Waals surface area contributed by atoms with Crippen molar-refractivity contribution in [3.63, 3.8) is 0 Å². The second kappa shape index (κ2) is 9.89. The van der Waals surface area contributed by atoms with E-state index < -0.39 is 10.0 Å². The van der Waals surface area contributed by atoms with Crippen molar-refractivity contribution in [1.29, 1.82) is 0 Å². The largest absolute Gasteiger partial charge is 0.292 e. The summed E-state index contributed by atoms with van der Waals surface area (Å²) in [7, 11) is -3.52. The Bertz CT molecular complexity index is 1030. The third-order valence-electron chi connectivity index (χ3n) is 4.71. The van der Waals surface area contributed by atoms with Crippen molar-refractivity contribution in [3.8, 4) is 0 Å².